The van der Waals surface area contributed by atoms with Crippen molar-refractivity contribution in [2.75, 3.05) is 0 Å². The van der Waals surface area contributed by atoms with E-state index in [-0.39, 0.29) is 17.4 Å². The summed E-state index contributed by atoms with van der Waals surface area (Å²) in [6, 6.07) is 8.52. The SMILES string of the molecule is CC(Cn1ccc2ccc(CNC(C)(C)C)cc21)C(N)=O. The van der Waals surface area contributed by atoms with Crippen molar-refractivity contribution < 1.29 is 4.79 Å². The zero-order chi connectivity index (χ0) is 15.6. The molecule has 1 aromatic carbocycles. The van der Waals surface area contributed by atoms with Crippen molar-refractivity contribution in [2.45, 2.75) is 46.3 Å². The Balaban J connectivity index is 2.22. The smallest absolute Gasteiger partial charge is 0.222 e. The lowest BCUT2D eigenvalue weighted by atomic mass is 10.1. The van der Waals surface area contributed by atoms with Crippen molar-refractivity contribution in [1.29, 1.82) is 0 Å². The maximum absolute atomic E-state index is 11.2. The molecule has 1 aromatic heterocycles. The van der Waals surface area contributed by atoms with Crippen molar-refractivity contribution in [3.63, 3.8) is 0 Å². The zero-order valence-corrected chi connectivity index (χ0v) is 13.3. The fraction of sp³-hybridized carbons (Fsp3) is 0.471. The third kappa shape index (κ3) is 4.08. The van der Waals surface area contributed by atoms with Gasteiger partial charge in [-0.05, 0) is 43.9 Å². The molecule has 0 saturated carbocycles. The van der Waals surface area contributed by atoms with Gasteiger partial charge in [-0.15, -0.1) is 0 Å². The highest BCUT2D eigenvalue weighted by Gasteiger charge is 2.12. The second kappa shape index (κ2) is 5.90. The van der Waals surface area contributed by atoms with E-state index in [1.807, 2.05) is 13.1 Å². The quantitative estimate of drug-likeness (QED) is 0.888. The Morgan fingerprint density at radius 3 is 2.67 bits per heavy atom. The molecular weight excluding hydrogens is 262 g/mol. The summed E-state index contributed by atoms with van der Waals surface area (Å²) in [5.74, 6) is -0.431. The van der Waals surface area contributed by atoms with Crippen LogP contribution in [0.15, 0.2) is 30.5 Å². The number of primary amides is 1. The van der Waals surface area contributed by atoms with Crippen LogP contribution >= 0.6 is 0 Å². The first-order valence-corrected chi connectivity index (χ1v) is 7.38. The van der Waals surface area contributed by atoms with E-state index < -0.39 is 0 Å². The van der Waals surface area contributed by atoms with Crippen LogP contribution in [0.2, 0.25) is 0 Å². The molecule has 0 saturated heterocycles. The van der Waals surface area contributed by atoms with Gasteiger partial charge in [-0.25, -0.2) is 0 Å². The zero-order valence-electron chi connectivity index (χ0n) is 13.3. The summed E-state index contributed by atoms with van der Waals surface area (Å²) in [6.45, 7) is 9.78. The van der Waals surface area contributed by atoms with Gasteiger partial charge in [-0.2, -0.15) is 0 Å². The van der Waals surface area contributed by atoms with E-state index in [0.29, 0.717) is 6.54 Å². The number of hydrogen-bond acceptors (Lipinski definition) is 2. The van der Waals surface area contributed by atoms with Gasteiger partial charge in [-0.3, -0.25) is 4.79 Å². The lowest BCUT2D eigenvalue weighted by molar-refractivity contribution is -0.121. The van der Waals surface area contributed by atoms with Gasteiger partial charge in [0.25, 0.3) is 0 Å². The molecule has 4 nitrogen and oxygen atoms in total. The fourth-order valence-electron chi connectivity index (χ4n) is 2.25. The van der Waals surface area contributed by atoms with Gasteiger partial charge < -0.3 is 15.6 Å². The summed E-state index contributed by atoms with van der Waals surface area (Å²) in [6.07, 6.45) is 2.02. The van der Waals surface area contributed by atoms with Crippen LogP contribution in [0.4, 0.5) is 0 Å². The van der Waals surface area contributed by atoms with Crippen LogP contribution in [0.5, 0.6) is 0 Å². The number of benzene rings is 1. The molecule has 0 aliphatic heterocycles. The third-order valence-corrected chi connectivity index (χ3v) is 3.62. The predicted octanol–water partition coefficient (Wildman–Crippen LogP) is 2.65. The Kier molecular flexibility index (Phi) is 4.37. The molecule has 2 aromatic rings. The number of amides is 1. The van der Waals surface area contributed by atoms with Gasteiger partial charge in [0.05, 0.1) is 5.92 Å². The Hall–Kier alpha value is -1.81. The Morgan fingerprint density at radius 2 is 2.05 bits per heavy atom. The molecule has 1 heterocycles. The predicted molar refractivity (Wildman–Crippen MR) is 86.9 cm³/mol. The van der Waals surface area contributed by atoms with Crippen molar-refractivity contribution in [3.8, 4) is 0 Å². The van der Waals surface area contributed by atoms with Crippen LogP contribution in [0.25, 0.3) is 10.9 Å². The van der Waals surface area contributed by atoms with Crippen molar-refractivity contribution >= 4 is 16.8 Å². The number of fused-ring (bicyclic) bond motifs is 1. The molecule has 4 heteroatoms. The number of aromatic nitrogens is 1. The summed E-state index contributed by atoms with van der Waals surface area (Å²) in [7, 11) is 0. The molecule has 1 atom stereocenters. The Morgan fingerprint density at radius 1 is 1.33 bits per heavy atom. The van der Waals surface area contributed by atoms with E-state index in [1.165, 1.54) is 10.9 Å². The van der Waals surface area contributed by atoms with Gasteiger partial charge in [0, 0.05) is 30.3 Å². The topological polar surface area (TPSA) is 60.1 Å². The third-order valence-electron chi connectivity index (χ3n) is 3.62. The highest BCUT2D eigenvalue weighted by Crippen LogP contribution is 2.19. The second-order valence-corrected chi connectivity index (χ2v) is 6.77. The number of hydrogen-bond donors (Lipinski definition) is 2. The normalized spacial score (nSPS) is 13.5. The van der Waals surface area contributed by atoms with Crippen LogP contribution in [-0.4, -0.2) is 16.0 Å². The molecule has 0 fully saturated rings. The minimum atomic E-state index is -0.262. The average molecular weight is 287 g/mol. The summed E-state index contributed by atoms with van der Waals surface area (Å²) in [4.78, 5) is 11.2. The maximum atomic E-state index is 11.2. The first-order valence-electron chi connectivity index (χ1n) is 7.38. The number of nitrogens with zero attached hydrogens (tertiary/aromatic N) is 1. The van der Waals surface area contributed by atoms with Gasteiger partial charge in [0.15, 0.2) is 0 Å². The summed E-state index contributed by atoms with van der Waals surface area (Å²) in [5.41, 5.74) is 7.84. The number of rotatable bonds is 5. The Bertz CT molecular complexity index is 637. The molecule has 1 amide bonds. The van der Waals surface area contributed by atoms with Crippen molar-refractivity contribution in [1.82, 2.24) is 9.88 Å². The molecule has 3 N–H and O–H groups in total. The lowest BCUT2D eigenvalue weighted by Crippen LogP contribution is -2.35. The van der Waals surface area contributed by atoms with E-state index in [0.717, 1.165) is 12.1 Å². The van der Waals surface area contributed by atoms with Crippen LogP contribution in [0, 0.1) is 5.92 Å². The van der Waals surface area contributed by atoms with Gasteiger partial charge in [0.2, 0.25) is 5.91 Å². The largest absolute Gasteiger partial charge is 0.369 e. The van der Waals surface area contributed by atoms with E-state index in [1.54, 1.807) is 0 Å². The van der Waals surface area contributed by atoms with Crippen LogP contribution in [0.3, 0.4) is 0 Å². The standard InChI is InChI=1S/C17H25N3O/c1-12(16(18)21)11-20-8-7-14-6-5-13(9-15(14)20)10-19-17(2,3)4/h5-9,12,19H,10-11H2,1-4H3,(H2,18,21). The first-order chi connectivity index (χ1) is 9.76. The van der Waals surface area contributed by atoms with Crippen LogP contribution in [0.1, 0.15) is 33.3 Å². The minimum Gasteiger partial charge on any atom is -0.369 e. The minimum absolute atomic E-state index is 0.0947. The molecular formula is C17H25N3O. The highest BCUT2D eigenvalue weighted by atomic mass is 16.1. The van der Waals surface area contributed by atoms with Gasteiger partial charge in [-0.1, -0.05) is 19.1 Å². The van der Waals surface area contributed by atoms with Gasteiger partial charge >= 0.3 is 0 Å². The van der Waals surface area contributed by atoms with E-state index in [2.05, 4.69) is 54.9 Å². The molecule has 0 aliphatic rings. The molecule has 114 valence electrons. The molecule has 0 aliphatic carbocycles. The van der Waals surface area contributed by atoms with E-state index in [9.17, 15) is 4.79 Å². The van der Waals surface area contributed by atoms with Gasteiger partial charge in [0.1, 0.15) is 0 Å². The summed E-state index contributed by atoms with van der Waals surface area (Å²) in [5, 5.41) is 4.68. The molecule has 0 bridgehead atoms. The molecule has 21 heavy (non-hydrogen) atoms. The second-order valence-electron chi connectivity index (χ2n) is 6.77. The molecule has 0 radical (unpaired) electrons. The average Bonchev–Trinajstić information content (AvgIpc) is 2.78. The number of nitrogens with two attached hydrogens (primary N) is 1. The lowest BCUT2D eigenvalue weighted by Gasteiger charge is -2.20. The van der Waals surface area contributed by atoms with Crippen molar-refractivity contribution in [3.05, 3.63) is 36.0 Å². The monoisotopic (exact) mass is 287 g/mol. The summed E-state index contributed by atoms with van der Waals surface area (Å²) < 4.78 is 2.10. The number of nitrogens with one attached hydrogen (secondary N) is 1. The van der Waals surface area contributed by atoms with E-state index >= 15 is 0 Å². The van der Waals surface area contributed by atoms with Crippen LogP contribution < -0.4 is 11.1 Å². The van der Waals surface area contributed by atoms with E-state index in [4.69, 9.17) is 5.73 Å². The fourth-order valence-corrected chi connectivity index (χ4v) is 2.25. The molecule has 1 unspecified atom stereocenters. The maximum Gasteiger partial charge on any atom is 0.222 e. The Labute approximate surface area is 126 Å². The molecule has 0 spiro atoms. The highest BCUT2D eigenvalue weighted by molar-refractivity contribution is 5.81. The summed E-state index contributed by atoms with van der Waals surface area (Å²) >= 11 is 0. The number of carbonyl (C=O) groups excluding carboxylic acids is 1. The first kappa shape index (κ1) is 15.6. The molecule has 2 rings (SSSR count). The number of carbonyl (C=O) groups is 1. The van der Waals surface area contributed by atoms with Crippen LogP contribution in [-0.2, 0) is 17.9 Å². The van der Waals surface area contributed by atoms with Crippen molar-refractivity contribution in [2.24, 2.45) is 11.7 Å².